The van der Waals surface area contributed by atoms with Crippen LogP contribution in [0.5, 0.6) is 5.75 Å². The van der Waals surface area contributed by atoms with Crippen LogP contribution in [0.25, 0.3) is 22.2 Å². The van der Waals surface area contributed by atoms with Crippen molar-refractivity contribution < 1.29 is 9.52 Å². The van der Waals surface area contributed by atoms with E-state index >= 15 is 0 Å². The summed E-state index contributed by atoms with van der Waals surface area (Å²) >= 11 is 0. The Morgan fingerprint density at radius 2 is 1.92 bits per heavy atom. The first-order valence-corrected chi connectivity index (χ1v) is 7.40. The van der Waals surface area contributed by atoms with E-state index in [1.807, 2.05) is 36.5 Å². The van der Waals surface area contributed by atoms with E-state index in [1.165, 1.54) is 12.1 Å². The molecule has 2 aromatic heterocycles. The molecule has 0 aliphatic rings. The molecule has 0 fully saturated rings. The molecule has 4 rings (SSSR count). The Morgan fingerprint density at radius 1 is 1.08 bits per heavy atom. The van der Waals surface area contributed by atoms with Crippen molar-refractivity contribution in [2.45, 2.75) is 6.54 Å². The van der Waals surface area contributed by atoms with Gasteiger partial charge in [-0.25, -0.2) is 9.48 Å². The van der Waals surface area contributed by atoms with Crippen LogP contribution in [0.15, 0.2) is 70.0 Å². The number of hydrogen-bond donors (Lipinski definition) is 1. The van der Waals surface area contributed by atoms with E-state index in [1.54, 1.807) is 16.8 Å². The molecule has 2 heterocycles. The molecule has 0 bridgehead atoms. The Labute approximate surface area is 136 Å². The summed E-state index contributed by atoms with van der Waals surface area (Å²) in [5.74, 6) is 0.112. The molecule has 0 radical (unpaired) electrons. The summed E-state index contributed by atoms with van der Waals surface area (Å²) in [6, 6.07) is 15.8. The third kappa shape index (κ3) is 2.65. The van der Waals surface area contributed by atoms with Gasteiger partial charge in [0.05, 0.1) is 12.7 Å². The molecule has 1 N–H and O–H groups in total. The molecule has 0 aliphatic carbocycles. The molecule has 6 nitrogen and oxygen atoms in total. The highest BCUT2D eigenvalue weighted by Gasteiger charge is 2.09. The number of aromatic nitrogens is 3. The average molecular weight is 319 g/mol. The summed E-state index contributed by atoms with van der Waals surface area (Å²) in [4.78, 5) is 11.7. The van der Waals surface area contributed by atoms with Crippen molar-refractivity contribution in [3.8, 4) is 17.0 Å². The second-order valence-electron chi connectivity index (χ2n) is 5.44. The maximum Gasteiger partial charge on any atom is 0.336 e. The zero-order valence-corrected chi connectivity index (χ0v) is 12.6. The normalized spacial score (nSPS) is 11.0. The van der Waals surface area contributed by atoms with Crippen molar-refractivity contribution in [1.29, 1.82) is 0 Å². The van der Waals surface area contributed by atoms with Crippen molar-refractivity contribution in [2.24, 2.45) is 0 Å². The van der Waals surface area contributed by atoms with Crippen LogP contribution in [0.4, 0.5) is 0 Å². The Kier molecular flexibility index (Phi) is 3.35. The molecule has 0 saturated heterocycles. The first-order valence-electron chi connectivity index (χ1n) is 7.40. The highest BCUT2D eigenvalue weighted by atomic mass is 16.4. The minimum Gasteiger partial charge on any atom is -0.508 e. The Hall–Kier alpha value is -3.41. The molecule has 0 atom stereocenters. The minimum absolute atomic E-state index is 0.112. The summed E-state index contributed by atoms with van der Waals surface area (Å²) in [7, 11) is 0. The lowest BCUT2D eigenvalue weighted by Crippen LogP contribution is -2.06. The van der Waals surface area contributed by atoms with Gasteiger partial charge in [-0.2, -0.15) is 0 Å². The van der Waals surface area contributed by atoms with Gasteiger partial charge in [0, 0.05) is 17.0 Å². The van der Waals surface area contributed by atoms with Gasteiger partial charge >= 0.3 is 5.63 Å². The molecular weight excluding hydrogens is 306 g/mol. The van der Waals surface area contributed by atoms with Crippen molar-refractivity contribution in [3.63, 3.8) is 0 Å². The fourth-order valence-electron chi connectivity index (χ4n) is 2.64. The number of rotatable bonds is 3. The second-order valence-corrected chi connectivity index (χ2v) is 5.44. The first kappa shape index (κ1) is 14.2. The fraction of sp³-hybridized carbons (Fsp3) is 0.0556. The molecule has 0 unspecified atom stereocenters. The lowest BCUT2D eigenvalue weighted by molar-refractivity contribution is 0.475. The third-order valence-corrected chi connectivity index (χ3v) is 3.75. The van der Waals surface area contributed by atoms with Crippen molar-refractivity contribution in [2.75, 3.05) is 0 Å². The van der Waals surface area contributed by atoms with Gasteiger partial charge in [-0.15, -0.1) is 5.10 Å². The van der Waals surface area contributed by atoms with Crippen LogP contribution in [0.1, 0.15) is 5.56 Å². The van der Waals surface area contributed by atoms with Crippen LogP contribution >= 0.6 is 0 Å². The van der Waals surface area contributed by atoms with Crippen molar-refractivity contribution in [3.05, 3.63) is 76.8 Å². The van der Waals surface area contributed by atoms with Gasteiger partial charge in [-0.3, -0.25) is 0 Å². The molecular formula is C18H13N3O3. The van der Waals surface area contributed by atoms with Crippen LogP contribution in [0, 0.1) is 0 Å². The van der Waals surface area contributed by atoms with Gasteiger partial charge in [0.15, 0.2) is 0 Å². The number of nitrogens with zero attached hydrogens (tertiary/aromatic N) is 3. The highest BCUT2D eigenvalue weighted by molar-refractivity contribution is 5.81. The lowest BCUT2D eigenvalue weighted by Gasteiger charge is -2.05. The number of aromatic hydroxyl groups is 1. The Bertz CT molecular complexity index is 1070. The number of phenols is 1. The predicted molar refractivity (Wildman–Crippen MR) is 88.7 cm³/mol. The standard InChI is InChI=1S/C18H13N3O3/c22-14-6-7-17-15(9-14)13(8-18(23)24-17)10-21-11-16(19-20-21)12-4-2-1-3-5-12/h1-9,11,22H,10H2. The molecule has 0 spiro atoms. The molecule has 0 amide bonds. The summed E-state index contributed by atoms with van der Waals surface area (Å²) in [6.45, 7) is 0.353. The van der Waals surface area contributed by atoms with Crippen LogP contribution in [0.3, 0.4) is 0 Å². The number of hydrogen-bond acceptors (Lipinski definition) is 5. The molecule has 0 saturated carbocycles. The van der Waals surface area contributed by atoms with E-state index in [0.29, 0.717) is 23.1 Å². The smallest absolute Gasteiger partial charge is 0.336 e. The van der Waals surface area contributed by atoms with Gasteiger partial charge < -0.3 is 9.52 Å². The number of benzene rings is 2. The van der Waals surface area contributed by atoms with Crippen LogP contribution in [-0.4, -0.2) is 20.1 Å². The molecule has 6 heteroatoms. The number of fused-ring (bicyclic) bond motifs is 1. The highest BCUT2D eigenvalue weighted by Crippen LogP contribution is 2.23. The second kappa shape index (κ2) is 5.66. The number of phenolic OH excluding ortho intramolecular Hbond substituents is 1. The maximum atomic E-state index is 11.7. The summed E-state index contributed by atoms with van der Waals surface area (Å²) in [5, 5.41) is 18.6. The monoisotopic (exact) mass is 319 g/mol. The van der Waals surface area contributed by atoms with Crippen LogP contribution < -0.4 is 5.63 Å². The summed E-state index contributed by atoms with van der Waals surface area (Å²) in [6.07, 6.45) is 1.82. The topological polar surface area (TPSA) is 81.2 Å². The van der Waals surface area contributed by atoms with Crippen LogP contribution in [-0.2, 0) is 6.54 Å². The molecule has 4 aromatic rings. The Balaban J connectivity index is 1.74. The van der Waals surface area contributed by atoms with Crippen molar-refractivity contribution >= 4 is 11.0 Å². The average Bonchev–Trinajstić information content (AvgIpc) is 3.05. The van der Waals surface area contributed by atoms with E-state index in [-0.39, 0.29) is 5.75 Å². The largest absolute Gasteiger partial charge is 0.508 e. The minimum atomic E-state index is -0.438. The zero-order valence-electron chi connectivity index (χ0n) is 12.6. The van der Waals surface area contributed by atoms with E-state index in [9.17, 15) is 9.90 Å². The molecule has 118 valence electrons. The van der Waals surface area contributed by atoms with Gasteiger partial charge in [0.2, 0.25) is 0 Å². The van der Waals surface area contributed by atoms with Gasteiger partial charge in [0.25, 0.3) is 0 Å². The Morgan fingerprint density at radius 3 is 2.75 bits per heavy atom. The molecule has 24 heavy (non-hydrogen) atoms. The van der Waals surface area contributed by atoms with E-state index in [2.05, 4.69) is 10.3 Å². The van der Waals surface area contributed by atoms with Gasteiger partial charge in [-0.1, -0.05) is 35.5 Å². The third-order valence-electron chi connectivity index (χ3n) is 3.75. The predicted octanol–water partition coefficient (Wildman–Crippen LogP) is 2.81. The molecule has 0 aliphatic heterocycles. The summed E-state index contributed by atoms with van der Waals surface area (Å²) in [5.41, 5.74) is 2.43. The SMILES string of the molecule is O=c1cc(Cn2cc(-c3ccccc3)nn2)c2cc(O)ccc2o1. The fourth-order valence-corrected chi connectivity index (χ4v) is 2.64. The van der Waals surface area contributed by atoms with Gasteiger partial charge in [0.1, 0.15) is 17.0 Å². The first-order chi connectivity index (χ1) is 11.7. The zero-order chi connectivity index (χ0) is 16.5. The summed E-state index contributed by atoms with van der Waals surface area (Å²) < 4.78 is 6.81. The van der Waals surface area contributed by atoms with E-state index in [4.69, 9.17) is 4.42 Å². The van der Waals surface area contributed by atoms with Crippen LogP contribution in [0.2, 0.25) is 0 Å². The maximum absolute atomic E-state index is 11.7. The van der Waals surface area contributed by atoms with Gasteiger partial charge in [-0.05, 0) is 23.8 Å². The quantitative estimate of drug-likeness (QED) is 0.587. The lowest BCUT2D eigenvalue weighted by atomic mass is 10.1. The van der Waals surface area contributed by atoms with E-state index < -0.39 is 5.63 Å². The van der Waals surface area contributed by atoms with E-state index in [0.717, 1.165) is 11.3 Å². The van der Waals surface area contributed by atoms with Crippen molar-refractivity contribution in [1.82, 2.24) is 15.0 Å². The molecule has 2 aromatic carbocycles.